The predicted octanol–water partition coefficient (Wildman–Crippen LogP) is 1.79. The Morgan fingerprint density at radius 1 is 1.50 bits per heavy atom. The van der Waals surface area contributed by atoms with Gasteiger partial charge in [-0.05, 0) is 39.2 Å². The summed E-state index contributed by atoms with van der Waals surface area (Å²) in [6.45, 7) is 7.74. The monoisotopic (exact) mass is 222 g/mol. The van der Waals surface area contributed by atoms with E-state index in [9.17, 15) is 0 Å². The zero-order chi connectivity index (χ0) is 11.5. The zero-order valence-electron chi connectivity index (χ0n) is 10.5. The van der Waals surface area contributed by atoms with Crippen LogP contribution in [0.3, 0.4) is 0 Å². The van der Waals surface area contributed by atoms with Gasteiger partial charge in [-0.25, -0.2) is 9.67 Å². The van der Waals surface area contributed by atoms with E-state index in [1.165, 1.54) is 12.8 Å². The minimum Gasteiger partial charge on any atom is -0.313 e. The summed E-state index contributed by atoms with van der Waals surface area (Å²) < 4.78 is 2.03. The van der Waals surface area contributed by atoms with Crippen molar-refractivity contribution in [3.8, 4) is 0 Å². The Bertz CT molecular complexity index is 324. The minimum atomic E-state index is 0.403. The third-order valence-electron chi connectivity index (χ3n) is 3.33. The average Bonchev–Trinajstić information content (AvgIpc) is 2.69. The molecular formula is C12H22N4. The highest BCUT2D eigenvalue weighted by Crippen LogP contribution is 2.16. The van der Waals surface area contributed by atoms with Gasteiger partial charge in [0.25, 0.3) is 0 Å². The maximum Gasteiger partial charge on any atom is 0.138 e. The van der Waals surface area contributed by atoms with Gasteiger partial charge in [0.05, 0.1) is 0 Å². The summed E-state index contributed by atoms with van der Waals surface area (Å²) in [7, 11) is 0. The van der Waals surface area contributed by atoms with Crippen molar-refractivity contribution in [1.82, 2.24) is 20.1 Å². The smallest absolute Gasteiger partial charge is 0.138 e. The molecule has 4 heteroatoms. The standard InChI is InChI=1S/C12H22N4/c1-9(2)16-12(14-8-15-16)6-11-5-4-10(3)7-13-11/h8-11,13H,4-7H2,1-3H3. The summed E-state index contributed by atoms with van der Waals surface area (Å²) >= 11 is 0. The van der Waals surface area contributed by atoms with E-state index in [1.54, 1.807) is 6.33 Å². The molecule has 90 valence electrons. The van der Waals surface area contributed by atoms with Gasteiger partial charge in [0.2, 0.25) is 0 Å². The zero-order valence-corrected chi connectivity index (χ0v) is 10.5. The first kappa shape index (κ1) is 11.6. The molecule has 1 aliphatic heterocycles. The van der Waals surface area contributed by atoms with Crippen LogP contribution in [0.2, 0.25) is 0 Å². The van der Waals surface area contributed by atoms with Gasteiger partial charge >= 0.3 is 0 Å². The number of aromatic nitrogens is 3. The molecule has 0 bridgehead atoms. The van der Waals surface area contributed by atoms with Gasteiger partial charge in [-0.1, -0.05) is 6.92 Å². The van der Waals surface area contributed by atoms with Crippen molar-refractivity contribution in [2.45, 2.75) is 52.1 Å². The molecular weight excluding hydrogens is 200 g/mol. The molecule has 1 N–H and O–H groups in total. The molecule has 2 heterocycles. The largest absolute Gasteiger partial charge is 0.313 e. The molecule has 1 aromatic heterocycles. The molecule has 1 aliphatic rings. The second-order valence-electron chi connectivity index (χ2n) is 5.21. The van der Waals surface area contributed by atoms with Crippen molar-refractivity contribution in [2.24, 2.45) is 5.92 Å². The highest BCUT2D eigenvalue weighted by Gasteiger charge is 2.20. The second-order valence-corrected chi connectivity index (χ2v) is 5.21. The van der Waals surface area contributed by atoms with Crippen molar-refractivity contribution < 1.29 is 0 Å². The Hall–Kier alpha value is -0.900. The first-order valence-corrected chi connectivity index (χ1v) is 6.28. The normalized spacial score (nSPS) is 26.2. The predicted molar refractivity (Wildman–Crippen MR) is 64.3 cm³/mol. The molecule has 1 fully saturated rings. The summed E-state index contributed by atoms with van der Waals surface area (Å²) in [6.07, 6.45) is 5.26. The van der Waals surface area contributed by atoms with Crippen LogP contribution in [0.5, 0.6) is 0 Å². The lowest BCUT2D eigenvalue weighted by molar-refractivity contribution is 0.318. The summed E-state index contributed by atoms with van der Waals surface area (Å²) in [5.74, 6) is 1.93. The van der Waals surface area contributed by atoms with Crippen molar-refractivity contribution in [3.05, 3.63) is 12.2 Å². The fourth-order valence-corrected chi connectivity index (χ4v) is 2.30. The molecule has 4 nitrogen and oxygen atoms in total. The van der Waals surface area contributed by atoms with Crippen LogP contribution in [0.25, 0.3) is 0 Å². The van der Waals surface area contributed by atoms with Gasteiger partial charge in [-0.15, -0.1) is 0 Å². The van der Waals surface area contributed by atoms with E-state index in [1.807, 2.05) is 4.68 Å². The van der Waals surface area contributed by atoms with Crippen LogP contribution < -0.4 is 5.32 Å². The van der Waals surface area contributed by atoms with E-state index in [2.05, 4.69) is 36.2 Å². The van der Waals surface area contributed by atoms with E-state index < -0.39 is 0 Å². The van der Waals surface area contributed by atoms with E-state index in [-0.39, 0.29) is 0 Å². The fraction of sp³-hybridized carbons (Fsp3) is 0.833. The number of hydrogen-bond acceptors (Lipinski definition) is 3. The first-order valence-electron chi connectivity index (χ1n) is 6.28. The van der Waals surface area contributed by atoms with E-state index in [4.69, 9.17) is 0 Å². The molecule has 0 aromatic carbocycles. The number of piperidine rings is 1. The van der Waals surface area contributed by atoms with Crippen LogP contribution in [-0.2, 0) is 6.42 Å². The Balaban J connectivity index is 1.96. The minimum absolute atomic E-state index is 0.403. The number of rotatable bonds is 3. The summed E-state index contributed by atoms with van der Waals surface area (Å²) in [5, 5.41) is 7.87. The van der Waals surface area contributed by atoms with Gasteiger partial charge in [-0.3, -0.25) is 0 Å². The molecule has 0 spiro atoms. The second kappa shape index (κ2) is 4.95. The van der Waals surface area contributed by atoms with Crippen molar-refractivity contribution in [1.29, 1.82) is 0 Å². The lowest BCUT2D eigenvalue weighted by Crippen LogP contribution is -2.40. The van der Waals surface area contributed by atoms with Gasteiger partial charge in [0.1, 0.15) is 12.2 Å². The van der Waals surface area contributed by atoms with E-state index >= 15 is 0 Å². The maximum absolute atomic E-state index is 4.36. The fourth-order valence-electron chi connectivity index (χ4n) is 2.30. The van der Waals surface area contributed by atoms with Crippen LogP contribution >= 0.6 is 0 Å². The highest BCUT2D eigenvalue weighted by atomic mass is 15.3. The molecule has 0 aliphatic carbocycles. The van der Waals surface area contributed by atoms with Crippen LogP contribution in [0.1, 0.15) is 45.5 Å². The average molecular weight is 222 g/mol. The van der Waals surface area contributed by atoms with Gasteiger partial charge < -0.3 is 5.32 Å². The number of nitrogens with zero attached hydrogens (tertiary/aromatic N) is 3. The molecule has 0 radical (unpaired) electrons. The number of hydrogen-bond donors (Lipinski definition) is 1. The van der Waals surface area contributed by atoms with Crippen molar-refractivity contribution in [2.75, 3.05) is 6.54 Å². The van der Waals surface area contributed by atoms with Crippen molar-refractivity contribution >= 4 is 0 Å². The van der Waals surface area contributed by atoms with Crippen LogP contribution in [0.15, 0.2) is 6.33 Å². The van der Waals surface area contributed by atoms with E-state index in [0.717, 1.165) is 24.7 Å². The molecule has 2 rings (SSSR count). The van der Waals surface area contributed by atoms with Gasteiger partial charge in [0.15, 0.2) is 0 Å². The van der Waals surface area contributed by atoms with Gasteiger partial charge in [-0.2, -0.15) is 5.10 Å². The first-order chi connectivity index (χ1) is 7.66. The Morgan fingerprint density at radius 2 is 2.31 bits per heavy atom. The van der Waals surface area contributed by atoms with Crippen molar-refractivity contribution in [3.63, 3.8) is 0 Å². The molecule has 16 heavy (non-hydrogen) atoms. The topological polar surface area (TPSA) is 42.7 Å². The summed E-state index contributed by atoms with van der Waals surface area (Å²) in [5.41, 5.74) is 0. The lowest BCUT2D eigenvalue weighted by Gasteiger charge is -2.27. The third kappa shape index (κ3) is 2.61. The summed E-state index contributed by atoms with van der Waals surface area (Å²) in [4.78, 5) is 4.36. The molecule has 1 aromatic rings. The SMILES string of the molecule is CC1CCC(Cc2ncnn2C(C)C)NC1. The quantitative estimate of drug-likeness (QED) is 0.848. The molecule has 2 unspecified atom stereocenters. The van der Waals surface area contributed by atoms with E-state index in [0.29, 0.717) is 12.1 Å². The highest BCUT2D eigenvalue weighted by molar-refractivity contribution is 4.92. The Morgan fingerprint density at radius 3 is 2.94 bits per heavy atom. The third-order valence-corrected chi connectivity index (χ3v) is 3.33. The molecule has 0 saturated carbocycles. The van der Waals surface area contributed by atoms with Crippen LogP contribution in [0, 0.1) is 5.92 Å². The molecule has 0 amide bonds. The van der Waals surface area contributed by atoms with Crippen LogP contribution in [0.4, 0.5) is 0 Å². The van der Waals surface area contributed by atoms with Gasteiger partial charge in [0, 0.05) is 18.5 Å². The lowest BCUT2D eigenvalue weighted by atomic mass is 9.94. The Labute approximate surface area is 97.5 Å². The van der Waals surface area contributed by atoms with Crippen LogP contribution in [-0.4, -0.2) is 27.4 Å². The maximum atomic E-state index is 4.36. The number of nitrogens with one attached hydrogen (secondary N) is 1. The Kier molecular flexibility index (Phi) is 3.59. The summed E-state index contributed by atoms with van der Waals surface area (Å²) in [6, 6.07) is 0.984. The molecule has 1 saturated heterocycles. The molecule has 2 atom stereocenters.